The molecule has 0 nitrogen and oxygen atoms in total. The van der Waals surface area contributed by atoms with Crippen molar-refractivity contribution in [2.75, 3.05) is 0 Å². The van der Waals surface area contributed by atoms with E-state index in [4.69, 9.17) is 0 Å². The summed E-state index contributed by atoms with van der Waals surface area (Å²) in [4.78, 5) is 0. The number of hydrogen-bond donors (Lipinski definition) is 0. The van der Waals surface area contributed by atoms with E-state index in [9.17, 15) is 0 Å². The Morgan fingerprint density at radius 2 is 1.93 bits per heavy atom. The first kappa shape index (κ1) is 9.51. The Labute approximate surface area is 86.7 Å². The van der Waals surface area contributed by atoms with E-state index in [1.807, 2.05) is 0 Å². The second kappa shape index (κ2) is 3.61. The van der Waals surface area contributed by atoms with E-state index in [0.29, 0.717) is 5.92 Å². The molecule has 1 aromatic rings. The molecule has 2 rings (SSSR count). The highest BCUT2D eigenvalue weighted by atomic mass is 14.3. The van der Waals surface area contributed by atoms with Crippen LogP contribution in [0.2, 0.25) is 0 Å². The minimum absolute atomic E-state index is 0.599. The summed E-state index contributed by atoms with van der Waals surface area (Å²) in [5.41, 5.74) is 4.20. The van der Waals surface area contributed by atoms with Crippen molar-refractivity contribution in [1.82, 2.24) is 0 Å². The first-order valence-corrected chi connectivity index (χ1v) is 5.48. The molecule has 0 radical (unpaired) electrons. The van der Waals surface area contributed by atoms with Crippen LogP contribution < -0.4 is 0 Å². The summed E-state index contributed by atoms with van der Waals surface area (Å²) in [6.07, 6.45) is 2.68. The maximum atomic E-state index is 4.23. The summed E-state index contributed by atoms with van der Waals surface area (Å²) in [6, 6.07) is 8.69. The fourth-order valence-electron chi connectivity index (χ4n) is 1.94. The van der Waals surface area contributed by atoms with Crippen LogP contribution in [0.4, 0.5) is 0 Å². The molecule has 0 heteroatoms. The van der Waals surface area contributed by atoms with Gasteiger partial charge in [-0.15, -0.1) is 0 Å². The smallest absolute Gasteiger partial charge is 0.0161 e. The predicted octanol–water partition coefficient (Wildman–Crippen LogP) is 4.23. The van der Waals surface area contributed by atoms with Gasteiger partial charge in [-0.05, 0) is 41.4 Å². The minimum Gasteiger partial charge on any atom is -0.0949 e. The Bertz CT molecular complexity index is 343. The average molecular weight is 186 g/mol. The van der Waals surface area contributed by atoms with Crippen LogP contribution in [-0.4, -0.2) is 0 Å². The molecule has 0 atom stereocenters. The van der Waals surface area contributed by atoms with Crippen molar-refractivity contribution < 1.29 is 0 Å². The van der Waals surface area contributed by atoms with Crippen molar-refractivity contribution in [1.29, 1.82) is 0 Å². The van der Waals surface area contributed by atoms with Crippen molar-refractivity contribution in [3.8, 4) is 0 Å². The topological polar surface area (TPSA) is 0 Å². The second-order valence-electron chi connectivity index (χ2n) is 4.54. The molecule has 0 aromatic heterocycles. The number of hydrogen-bond acceptors (Lipinski definition) is 0. The van der Waals surface area contributed by atoms with E-state index in [1.54, 1.807) is 0 Å². The van der Waals surface area contributed by atoms with Crippen LogP contribution >= 0.6 is 0 Å². The summed E-state index contributed by atoms with van der Waals surface area (Å²) in [5, 5.41) is 0. The third-order valence-corrected chi connectivity index (χ3v) is 3.00. The second-order valence-corrected chi connectivity index (χ2v) is 4.54. The zero-order valence-electron chi connectivity index (χ0n) is 9.09. The highest BCUT2D eigenvalue weighted by molar-refractivity contribution is 5.70. The van der Waals surface area contributed by atoms with Gasteiger partial charge in [0, 0.05) is 0 Å². The van der Waals surface area contributed by atoms with Crippen molar-refractivity contribution in [3.05, 3.63) is 42.0 Å². The predicted molar refractivity (Wildman–Crippen MR) is 62.3 cm³/mol. The van der Waals surface area contributed by atoms with E-state index in [-0.39, 0.29) is 0 Å². The molecule has 0 amide bonds. The highest BCUT2D eigenvalue weighted by Crippen LogP contribution is 2.42. The summed E-state index contributed by atoms with van der Waals surface area (Å²) in [5.74, 6) is 1.37. The third-order valence-electron chi connectivity index (χ3n) is 3.00. The Kier molecular flexibility index (Phi) is 2.45. The summed E-state index contributed by atoms with van der Waals surface area (Å²) < 4.78 is 0. The lowest BCUT2D eigenvalue weighted by molar-refractivity contribution is 0.860. The zero-order chi connectivity index (χ0) is 10.1. The van der Waals surface area contributed by atoms with Gasteiger partial charge in [-0.25, -0.2) is 0 Å². The van der Waals surface area contributed by atoms with Gasteiger partial charge in [0.25, 0.3) is 0 Å². The van der Waals surface area contributed by atoms with Gasteiger partial charge in [0.15, 0.2) is 0 Å². The Hall–Kier alpha value is -1.04. The van der Waals surface area contributed by atoms with Gasteiger partial charge in [-0.3, -0.25) is 0 Å². The maximum absolute atomic E-state index is 4.23. The van der Waals surface area contributed by atoms with E-state index in [0.717, 1.165) is 5.92 Å². The van der Waals surface area contributed by atoms with Crippen molar-refractivity contribution in [3.63, 3.8) is 0 Å². The molecule has 1 fully saturated rings. The van der Waals surface area contributed by atoms with Crippen LogP contribution in [0.5, 0.6) is 0 Å². The molecule has 0 aliphatic heterocycles. The van der Waals surface area contributed by atoms with Gasteiger partial charge in [0.2, 0.25) is 0 Å². The normalized spacial score (nSPS) is 15.9. The van der Waals surface area contributed by atoms with Crippen LogP contribution in [-0.2, 0) is 0 Å². The summed E-state index contributed by atoms with van der Waals surface area (Å²) >= 11 is 0. The van der Waals surface area contributed by atoms with Gasteiger partial charge in [-0.2, -0.15) is 0 Å². The fourth-order valence-corrected chi connectivity index (χ4v) is 1.94. The third kappa shape index (κ3) is 1.75. The Morgan fingerprint density at radius 3 is 2.50 bits per heavy atom. The minimum atomic E-state index is 0.599. The highest BCUT2D eigenvalue weighted by Gasteiger charge is 2.26. The first-order valence-electron chi connectivity index (χ1n) is 5.48. The largest absolute Gasteiger partial charge is 0.0949 e. The number of rotatable bonds is 3. The molecule has 0 heterocycles. The van der Waals surface area contributed by atoms with E-state index in [1.165, 1.54) is 29.5 Å². The van der Waals surface area contributed by atoms with Crippen LogP contribution in [0.1, 0.15) is 43.7 Å². The Balaban J connectivity index is 2.35. The number of benzene rings is 1. The molecule has 0 unspecified atom stereocenters. The fraction of sp³-hybridized carbons (Fsp3) is 0.429. The standard InChI is InChI=1S/C14H18/c1-10(2)13-6-4-5-7-14(13)11(3)12-8-9-12/h4-7,10,12H,3,8-9H2,1-2H3. The molecule has 1 aliphatic rings. The van der Waals surface area contributed by atoms with E-state index < -0.39 is 0 Å². The van der Waals surface area contributed by atoms with Crippen LogP contribution in [0, 0.1) is 5.92 Å². The molecular formula is C14H18. The van der Waals surface area contributed by atoms with Crippen LogP contribution in [0.25, 0.3) is 5.57 Å². The maximum Gasteiger partial charge on any atom is -0.0161 e. The molecule has 0 saturated heterocycles. The van der Waals surface area contributed by atoms with Crippen LogP contribution in [0.3, 0.4) is 0 Å². The van der Waals surface area contributed by atoms with Gasteiger partial charge in [0.05, 0.1) is 0 Å². The van der Waals surface area contributed by atoms with Crippen molar-refractivity contribution in [2.24, 2.45) is 5.92 Å². The van der Waals surface area contributed by atoms with Gasteiger partial charge >= 0.3 is 0 Å². The lowest BCUT2D eigenvalue weighted by atomic mass is 9.91. The molecular weight excluding hydrogens is 168 g/mol. The first-order chi connectivity index (χ1) is 6.70. The van der Waals surface area contributed by atoms with Crippen molar-refractivity contribution >= 4 is 5.57 Å². The van der Waals surface area contributed by atoms with Gasteiger partial charge in [0.1, 0.15) is 0 Å². The number of allylic oxidation sites excluding steroid dienone is 1. The van der Waals surface area contributed by atoms with Gasteiger partial charge in [-0.1, -0.05) is 44.7 Å². The molecule has 74 valence electrons. The van der Waals surface area contributed by atoms with E-state index >= 15 is 0 Å². The summed E-state index contributed by atoms with van der Waals surface area (Å²) in [7, 11) is 0. The molecule has 0 spiro atoms. The van der Waals surface area contributed by atoms with Gasteiger partial charge < -0.3 is 0 Å². The zero-order valence-corrected chi connectivity index (χ0v) is 9.09. The quantitative estimate of drug-likeness (QED) is 0.662. The Morgan fingerprint density at radius 1 is 1.29 bits per heavy atom. The molecule has 1 aliphatic carbocycles. The lowest BCUT2D eigenvalue weighted by Gasteiger charge is -2.14. The molecule has 14 heavy (non-hydrogen) atoms. The molecule has 0 N–H and O–H groups in total. The van der Waals surface area contributed by atoms with Crippen molar-refractivity contribution in [2.45, 2.75) is 32.6 Å². The molecule has 1 aromatic carbocycles. The SMILES string of the molecule is C=C(c1ccccc1C(C)C)C1CC1. The average Bonchev–Trinajstić information content (AvgIpc) is 3.00. The molecule has 1 saturated carbocycles. The van der Waals surface area contributed by atoms with E-state index in [2.05, 4.69) is 44.7 Å². The molecule has 0 bridgehead atoms. The lowest BCUT2D eigenvalue weighted by Crippen LogP contribution is -1.95. The summed E-state index contributed by atoms with van der Waals surface area (Å²) in [6.45, 7) is 8.73. The monoisotopic (exact) mass is 186 g/mol. The van der Waals surface area contributed by atoms with Crippen LogP contribution in [0.15, 0.2) is 30.8 Å².